The summed E-state index contributed by atoms with van der Waals surface area (Å²) in [5, 5.41) is 0. The van der Waals surface area contributed by atoms with Crippen molar-refractivity contribution in [2.24, 2.45) is 5.92 Å². The number of aryl methyl sites for hydroxylation is 2. The van der Waals surface area contributed by atoms with Crippen LogP contribution in [0.5, 0.6) is 0 Å². The Balaban J connectivity index is 1.38. The van der Waals surface area contributed by atoms with Gasteiger partial charge in [-0.3, -0.25) is 9.69 Å². The molecule has 5 heteroatoms. The highest BCUT2D eigenvalue weighted by Crippen LogP contribution is 2.29. The minimum Gasteiger partial charge on any atom is -0.341 e. The lowest BCUT2D eigenvalue weighted by Gasteiger charge is -2.36. The fourth-order valence-electron chi connectivity index (χ4n) is 4.34. The van der Waals surface area contributed by atoms with Gasteiger partial charge in [-0.05, 0) is 37.7 Å². The van der Waals surface area contributed by atoms with Crippen molar-refractivity contribution in [2.75, 3.05) is 19.6 Å². The van der Waals surface area contributed by atoms with Gasteiger partial charge in [-0.25, -0.2) is 4.98 Å². The average molecular weight is 370 g/mol. The molecule has 3 saturated heterocycles. The summed E-state index contributed by atoms with van der Waals surface area (Å²) in [6, 6.07) is 11.2. The molecule has 0 N–H and O–H groups in total. The van der Waals surface area contributed by atoms with Crippen molar-refractivity contribution >= 4 is 17.2 Å². The van der Waals surface area contributed by atoms with Crippen LogP contribution in [0.15, 0.2) is 35.8 Å². The van der Waals surface area contributed by atoms with Gasteiger partial charge in [-0.15, -0.1) is 11.3 Å². The van der Waals surface area contributed by atoms with Crippen molar-refractivity contribution in [3.8, 4) is 0 Å². The van der Waals surface area contributed by atoms with Crippen LogP contribution in [0.3, 0.4) is 0 Å². The van der Waals surface area contributed by atoms with Crippen LogP contribution in [0.25, 0.3) is 0 Å². The van der Waals surface area contributed by atoms with Crippen molar-refractivity contribution in [3.05, 3.63) is 52.0 Å². The zero-order valence-electron chi connectivity index (χ0n) is 15.4. The molecule has 5 rings (SSSR count). The van der Waals surface area contributed by atoms with E-state index in [1.54, 1.807) is 11.3 Å². The fraction of sp³-hybridized carbons (Fsp3) is 0.524. The number of benzene rings is 1. The molecule has 2 aromatic rings. The first-order valence-corrected chi connectivity index (χ1v) is 10.5. The van der Waals surface area contributed by atoms with Crippen LogP contribution >= 0.6 is 11.3 Å². The summed E-state index contributed by atoms with van der Waals surface area (Å²) in [4.78, 5) is 23.1. The second kappa shape index (κ2) is 7.89. The van der Waals surface area contributed by atoms with Gasteiger partial charge >= 0.3 is 0 Å². The molecule has 3 fully saturated rings. The van der Waals surface area contributed by atoms with Crippen LogP contribution in [0.4, 0.5) is 0 Å². The Morgan fingerprint density at radius 3 is 2.81 bits per heavy atom. The number of nitrogens with zero attached hydrogens (tertiary/aromatic N) is 3. The van der Waals surface area contributed by atoms with Gasteiger partial charge in [0, 0.05) is 43.5 Å². The molecule has 2 bridgehead atoms. The maximum atomic E-state index is 12.8. The first-order valence-electron chi connectivity index (χ1n) is 9.64. The Labute approximate surface area is 159 Å². The van der Waals surface area contributed by atoms with E-state index in [2.05, 4.69) is 45.1 Å². The predicted molar refractivity (Wildman–Crippen MR) is 105 cm³/mol. The summed E-state index contributed by atoms with van der Waals surface area (Å²) >= 11 is 1.67. The Morgan fingerprint density at radius 2 is 2.04 bits per heavy atom. The molecule has 0 aliphatic carbocycles. The summed E-state index contributed by atoms with van der Waals surface area (Å²) in [5.41, 5.74) is 4.33. The van der Waals surface area contributed by atoms with Gasteiger partial charge in [0.25, 0.3) is 0 Å². The first-order chi connectivity index (χ1) is 12.7. The molecule has 1 aromatic heterocycles. The number of amides is 1. The van der Waals surface area contributed by atoms with Crippen molar-refractivity contribution < 1.29 is 4.79 Å². The number of carbonyl (C=O) groups excluding carboxylic acids is 1. The molecule has 1 amide bonds. The summed E-state index contributed by atoms with van der Waals surface area (Å²) < 4.78 is 0. The minimum absolute atomic E-state index is 0.316. The number of aromatic nitrogens is 1. The van der Waals surface area contributed by atoms with Gasteiger partial charge in [-0.2, -0.15) is 0 Å². The fourth-order valence-corrected chi connectivity index (χ4v) is 5.12. The highest BCUT2D eigenvalue weighted by Gasteiger charge is 2.36. The lowest BCUT2D eigenvalue weighted by molar-refractivity contribution is -0.131. The molecule has 4 nitrogen and oxygen atoms in total. The molecule has 2 atom stereocenters. The standard InChI is InChI=1S/C21H27N3OS/c1-16-20(26-15-22-16)9-10-21(25)24-13-18-7-8-19(14-24)23(12-18)11-17-5-3-2-4-6-17/h2-6,15,18-19H,7-14H2,1H3/t18-,19-/m1/s1. The Morgan fingerprint density at radius 1 is 1.19 bits per heavy atom. The minimum atomic E-state index is 0.316. The van der Waals surface area contributed by atoms with Crippen molar-refractivity contribution in [3.63, 3.8) is 0 Å². The number of fused-ring (bicyclic) bond motifs is 4. The monoisotopic (exact) mass is 369 g/mol. The maximum absolute atomic E-state index is 12.8. The summed E-state index contributed by atoms with van der Waals surface area (Å²) in [5.74, 6) is 0.933. The molecule has 0 saturated carbocycles. The van der Waals surface area contributed by atoms with E-state index < -0.39 is 0 Å². The highest BCUT2D eigenvalue weighted by molar-refractivity contribution is 7.09. The molecule has 4 heterocycles. The molecule has 1 aromatic carbocycles. The Hall–Kier alpha value is -1.72. The third-order valence-electron chi connectivity index (χ3n) is 5.82. The van der Waals surface area contributed by atoms with Gasteiger partial charge in [0.2, 0.25) is 5.91 Å². The largest absolute Gasteiger partial charge is 0.341 e. The molecular weight excluding hydrogens is 342 g/mol. The van der Waals surface area contributed by atoms with Crippen molar-refractivity contribution in [1.82, 2.24) is 14.8 Å². The Kier molecular flexibility index (Phi) is 5.36. The number of thiazole rings is 1. The summed E-state index contributed by atoms with van der Waals surface area (Å²) in [7, 11) is 0. The van der Waals surface area contributed by atoms with E-state index in [9.17, 15) is 4.79 Å². The van der Waals surface area contributed by atoms with Crippen LogP contribution < -0.4 is 0 Å². The molecule has 3 aliphatic rings. The van der Waals surface area contributed by atoms with Crippen molar-refractivity contribution in [1.29, 1.82) is 0 Å². The molecule has 0 unspecified atom stereocenters. The lowest BCUT2D eigenvalue weighted by Crippen LogP contribution is -2.43. The van der Waals surface area contributed by atoms with Gasteiger partial charge in [0.05, 0.1) is 11.2 Å². The first kappa shape index (κ1) is 17.7. The quantitative estimate of drug-likeness (QED) is 0.809. The van der Waals surface area contributed by atoms with E-state index >= 15 is 0 Å². The number of hydrogen-bond acceptors (Lipinski definition) is 4. The predicted octanol–water partition coefficient (Wildman–Crippen LogP) is 3.51. The lowest BCUT2D eigenvalue weighted by atomic mass is 9.94. The molecule has 0 radical (unpaired) electrons. The second-order valence-electron chi connectivity index (χ2n) is 7.67. The van der Waals surface area contributed by atoms with Gasteiger partial charge in [0.1, 0.15) is 0 Å². The number of piperidine rings is 1. The molecule has 3 aliphatic heterocycles. The number of hydrogen-bond donors (Lipinski definition) is 0. The number of carbonyl (C=O) groups is 1. The van der Waals surface area contributed by atoms with Crippen LogP contribution in [0, 0.1) is 12.8 Å². The van der Waals surface area contributed by atoms with E-state index in [4.69, 9.17) is 0 Å². The van der Waals surface area contributed by atoms with E-state index in [1.165, 1.54) is 23.3 Å². The van der Waals surface area contributed by atoms with E-state index in [-0.39, 0.29) is 0 Å². The Bertz CT molecular complexity index is 745. The summed E-state index contributed by atoms with van der Waals surface area (Å²) in [6.45, 7) is 5.98. The molecule has 26 heavy (non-hydrogen) atoms. The third kappa shape index (κ3) is 3.99. The smallest absolute Gasteiger partial charge is 0.222 e. The molecule has 138 valence electrons. The topological polar surface area (TPSA) is 36.4 Å². The van der Waals surface area contributed by atoms with Crippen LogP contribution in [-0.4, -0.2) is 46.4 Å². The van der Waals surface area contributed by atoms with Gasteiger partial charge < -0.3 is 4.90 Å². The number of rotatable bonds is 5. The van der Waals surface area contributed by atoms with Gasteiger partial charge in [0.15, 0.2) is 0 Å². The maximum Gasteiger partial charge on any atom is 0.222 e. The van der Waals surface area contributed by atoms with E-state index in [0.717, 1.165) is 38.3 Å². The van der Waals surface area contributed by atoms with E-state index in [1.807, 2.05) is 12.4 Å². The van der Waals surface area contributed by atoms with Crippen molar-refractivity contribution in [2.45, 2.75) is 45.2 Å². The second-order valence-corrected chi connectivity index (χ2v) is 8.61. The zero-order chi connectivity index (χ0) is 17.9. The zero-order valence-corrected chi connectivity index (χ0v) is 16.3. The third-order valence-corrected chi connectivity index (χ3v) is 6.81. The van der Waals surface area contributed by atoms with Crippen LogP contribution in [0.1, 0.15) is 35.4 Å². The average Bonchev–Trinajstić information content (AvgIpc) is 2.86. The molecular formula is C21H27N3OS. The normalized spacial score (nSPS) is 23.2. The van der Waals surface area contributed by atoms with E-state index in [0.29, 0.717) is 24.3 Å². The summed E-state index contributed by atoms with van der Waals surface area (Å²) in [6.07, 6.45) is 3.92. The highest BCUT2D eigenvalue weighted by atomic mass is 32.1. The van der Waals surface area contributed by atoms with Crippen LogP contribution in [0.2, 0.25) is 0 Å². The SMILES string of the molecule is Cc1ncsc1CCC(=O)N1C[C@@H]2CC[C@H](C1)N(Cc1ccccc1)C2. The van der Waals surface area contributed by atoms with Gasteiger partial charge in [-0.1, -0.05) is 30.3 Å². The molecule has 0 spiro atoms. The van der Waals surface area contributed by atoms with Crippen LogP contribution in [-0.2, 0) is 17.8 Å².